The Morgan fingerprint density at radius 2 is 1.97 bits per heavy atom. The number of carbonyl (C=O) groups is 1. The minimum atomic E-state index is -4.69. The first-order chi connectivity index (χ1) is 14.8. The largest absolute Gasteiger partial charge is 0.416 e. The van der Waals surface area contributed by atoms with E-state index in [0.29, 0.717) is 23.4 Å². The Balaban J connectivity index is 1.53. The van der Waals surface area contributed by atoms with Gasteiger partial charge >= 0.3 is 12.2 Å². The third-order valence-electron chi connectivity index (χ3n) is 5.32. The van der Waals surface area contributed by atoms with Crippen LogP contribution in [0.25, 0.3) is 11.3 Å². The number of rotatable bonds is 2. The van der Waals surface area contributed by atoms with Gasteiger partial charge in [-0.25, -0.2) is 19.2 Å². The van der Waals surface area contributed by atoms with E-state index < -0.39 is 23.6 Å². The first-order valence-corrected chi connectivity index (χ1v) is 9.48. The van der Waals surface area contributed by atoms with Crippen LogP contribution in [-0.4, -0.2) is 28.7 Å². The zero-order valence-corrected chi connectivity index (χ0v) is 15.9. The number of pyridine rings is 2. The van der Waals surface area contributed by atoms with Gasteiger partial charge in [0, 0.05) is 24.7 Å². The minimum Gasteiger partial charge on any atom is -0.347 e. The van der Waals surface area contributed by atoms with E-state index in [9.17, 15) is 22.4 Å². The van der Waals surface area contributed by atoms with Crippen LogP contribution in [0.3, 0.4) is 0 Å². The van der Waals surface area contributed by atoms with Crippen LogP contribution in [0, 0.1) is 5.82 Å². The zero-order chi connectivity index (χ0) is 21.8. The van der Waals surface area contributed by atoms with E-state index in [1.165, 1.54) is 11.0 Å². The molecule has 5 rings (SSSR count). The number of nitrogens with zero attached hydrogens (tertiary/aromatic N) is 4. The number of aromatic nitrogens is 2. The van der Waals surface area contributed by atoms with Crippen LogP contribution >= 0.6 is 0 Å². The second-order valence-electron chi connectivity index (χ2n) is 7.24. The second kappa shape index (κ2) is 6.93. The van der Waals surface area contributed by atoms with E-state index >= 15 is 0 Å². The predicted octanol–water partition coefficient (Wildman–Crippen LogP) is 4.89. The molecule has 0 saturated carbocycles. The lowest BCUT2D eigenvalue weighted by Gasteiger charge is -2.39. The van der Waals surface area contributed by atoms with Gasteiger partial charge in [0.2, 0.25) is 0 Å². The molecule has 1 saturated heterocycles. The van der Waals surface area contributed by atoms with Crippen LogP contribution in [0.15, 0.2) is 54.7 Å². The number of carbonyl (C=O) groups excluding carboxylic acids is 1. The molecule has 4 heterocycles. The van der Waals surface area contributed by atoms with Crippen molar-refractivity contribution in [1.82, 2.24) is 9.97 Å². The molecule has 2 aromatic heterocycles. The van der Waals surface area contributed by atoms with Gasteiger partial charge in [-0.05, 0) is 42.5 Å². The van der Waals surface area contributed by atoms with Crippen molar-refractivity contribution in [3.8, 4) is 11.3 Å². The van der Waals surface area contributed by atoms with Crippen LogP contribution < -0.4 is 15.1 Å². The van der Waals surface area contributed by atoms with Crippen LogP contribution in [-0.2, 0) is 6.18 Å². The summed E-state index contributed by atoms with van der Waals surface area (Å²) in [5, 5.41) is 2.71. The first kappa shape index (κ1) is 19.3. The molecule has 2 amide bonds. The highest BCUT2D eigenvalue weighted by Gasteiger charge is 2.46. The SMILES string of the molecule is O=C(Nc1ccccn1)N1c2nc(-c3cc(F)cc(C(F)(F)F)c3)ccc2N2CCC21. The fraction of sp³-hybridized carbons (Fsp3) is 0.190. The van der Waals surface area contributed by atoms with Gasteiger partial charge in [-0.3, -0.25) is 10.2 Å². The molecule has 0 spiro atoms. The van der Waals surface area contributed by atoms with Gasteiger partial charge in [-0.1, -0.05) is 6.07 Å². The van der Waals surface area contributed by atoms with Gasteiger partial charge in [-0.2, -0.15) is 13.2 Å². The van der Waals surface area contributed by atoms with E-state index in [0.717, 1.165) is 25.1 Å². The lowest BCUT2D eigenvalue weighted by Crippen LogP contribution is -2.56. The summed E-state index contributed by atoms with van der Waals surface area (Å²) in [6.45, 7) is 0.726. The van der Waals surface area contributed by atoms with E-state index in [4.69, 9.17) is 0 Å². The fourth-order valence-corrected chi connectivity index (χ4v) is 3.81. The number of benzene rings is 1. The maximum absolute atomic E-state index is 13.9. The summed E-state index contributed by atoms with van der Waals surface area (Å²) < 4.78 is 53.2. The number of fused-ring (bicyclic) bond motifs is 3. The van der Waals surface area contributed by atoms with Crippen LogP contribution in [0.1, 0.15) is 12.0 Å². The van der Waals surface area contributed by atoms with Crippen molar-refractivity contribution in [3.63, 3.8) is 0 Å². The van der Waals surface area contributed by atoms with Crippen LogP contribution in [0.2, 0.25) is 0 Å². The lowest BCUT2D eigenvalue weighted by molar-refractivity contribution is -0.137. The number of anilines is 3. The maximum atomic E-state index is 13.9. The summed E-state index contributed by atoms with van der Waals surface area (Å²) in [6.07, 6.45) is -2.66. The fourth-order valence-electron chi connectivity index (χ4n) is 3.81. The van der Waals surface area contributed by atoms with Crippen molar-refractivity contribution in [2.24, 2.45) is 0 Å². The van der Waals surface area contributed by atoms with Gasteiger partial charge in [0.1, 0.15) is 17.8 Å². The second-order valence-corrected chi connectivity index (χ2v) is 7.24. The van der Waals surface area contributed by atoms with Gasteiger partial charge in [0.25, 0.3) is 0 Å². The molecule has 31 heavy (non-hydrogen) atoms. The Labute approximate surface area is 174 Å². The van der Waals surface area contributed by atoms with E-state index in [1.807, 2.05) is 4.90 Å². The molecular formula is C21H15F4N5O. The molecule has 0 bridgehead atoms. The minimum absolute atomic E-state index is 0.0190. The summed E-state index contributed by atoms with van der Waals surface area (Å²) >= 11 is 0. The molecule has 3 aromatic rings. The molecule has 10 heteroatoms. The Kier molecular flexibility index (Phi) is 4.31. The molecule has 1 N–H and O–H groups in total. The summed E-state index contributed by atoms with van der Waals surface area (Å²) in [6, 6.07) is 10.1. The molecule has 1 aromatic carbocycles. The number of amides is 2. The molecular weight excluding hydrogens is 414 g/mol. The molecule has 2 aliphatic rings. The zero-order valence-electron chi connectivity index (χ0n) is 15.9. The number of alkyl halides is 3. The van der Waals surface area contributed by atoms with Crippen molar-refractivity contribution >= 4 is 23.4 Å². The standard InChI is InChI=1S/C21H15F4N5O/c22-14-10-12(9-13(11-14)21(23,24)25)15-4-5-16-19(27-15)30(18-6-8-29(16)18)20(31)28-17-3-1-2-7-26-17/h1-5,7,9-11,18H,6,8H2,(H,26,28,31). The highest BCUT2D eigenvalue weighted by Crippen LogP contribution is 2.45. The summed E-state index contributed by atoms with van der Waals surface area (Å²) in [5.41, 5.74) is -0.279. The lowest BCUT2D eigenvalue weighted by atomic mass is 10.1. The molecule has 0 aliphatic carbocycles. The smallest absolute Gasteiger partial charge is 0.347 e. The van der Waals surface area contributed by atoms with E-state index in [1.54, 1.807) is 30.5 Å². The van der Waals surface area contributed by atoms with Crippen molar-refractivity contribution < 1.29 is 22.4 Å². The number of nitrogens with one attached hydrogen (secondary N) is 1. The Morgan fingerprint density at radius 3 is 2.65 bits per heavy atom. The van der Waals surface area contributed by atoms with Crippen molar-refractivity contribution in [1.29, 1.82) is 0 Å². The van der Waals surface area contributed by atoms with Crippen LogP contribution in [0.5, 0.6) is 0 Å². The van der Waals surface area contributed by atoms with Crippen LogP contribution in [0.4, 0.5) is 39.7 Å². The Morgan fingerprint density at radius 1 is 1.13 bits per heavy atom. The van der Waals surface area contributed by atoms with Gasteiger partial charge in [0.15, 0.2) is 5.82 Å². The molecule has 1 fully saturated rings. The number of halogens is 4. The first-order valence-electron chi connectivity index (χ1n) is 9.48. The molecule has 1 unspecified atom stereocenters. The van der Waals surface area contributed by atoms with E-state index in [-0.39, 0.29) is 17.4 Å². The molecule has 6 nitrogen and oxygen atoms in total. The average molecular weight is 429 g/mol. The maximum Gasteiger partial charge on any atom is 0.416 e. The van der Waals surface area contributed by atoms with Crippen molar-refractivity contribution in [2.45, 2.75) is 18.8 Å². The number of urea groups is 1. The average Bonchev–Trinajstić information content (AvgIpc) is 2.93. The van der Waals surface area contributed by atoms with Gasteiger partial charge in [-0.15, -0.1) is 0 Å². The third kappa shape index (κ3) is 3.33. The Bertz CT molecular complexity index is 1170. The highest BCUT2D eigenvalue weighted by atomic mass is 19.4. The molecule has 158 valence electrons. The Hall–Kier alpha value is -3.69. The third-order valence-corrected chi connectivity index (χ3v) is 5.32. The highest BCUT2D eigenvalue weighted by molar-refractivity contribution is 6.06. The predicted molar refractivity (Wildman–Crippen MR) is 106 cm³/mol. The van der Waals surface area contributed by atoms with Crippen molar-refractivity contribution in [3.05, 3.63) is 66.1 Å². The molecule has 1 atom stereocenters. The summed E-state index contributed by atoms with van der Waals surface area (Å²) in [7, 11) is 0. The summed E-state index contributed by atoms with van der Waals surface area (Å²) in [5.74, 6) is -0.338. The number of hydrogen-bond acceptors (Lipinski definition) is 4. The monoisotopic (exact) mass is 429 g/mol. The van der Waals surface area contributed by atoms with Gasteiger partial charge < -0.3 is 4.90 Å². The molecule has 0 radical (unpaired) electrons. The topological polar surface area (TPSA) is 61.4 Å². The molecule has 2 aliphatic heterocycles. The van der Waals surface area contributed by atoms with Crippen molar-refractivity contribution in [2.75, 3.05) is 21.7 Å². The summed E-state index contributed by atoms with van der Waals surface area (Å²) in [4.78, 5) is 24.9. The normalized spacial score (nSPS) is 17.1. The number of hydrogen-bond donors (Lipinski definition) is 1. The van der Waals surface area contributed by atoms with E-state index in [2.05, 4.69) is 15.3 Å². The quantitative estimate of drug-likeness (QED) is 0.590. The van der Waals surface area contributed by atoms with Gasteiger partial charge in [0.05, 0.1) is 16.9 Å².